The Hall–Kier alpha value is -1.55. The Morgan fingerprint density at radius 3 is 2.50 bits per heavy atom. The van der Waals surface area contributed by atoms with Crippen molar-refractivity contribution in [1.29, 1.82) is 0 Å². The molecule has 2 rings (SSSR count). The van der Waals surface area contributed by atoms with Gasteiger partial charge in [-0.25, -0.2) is 0 Å². The van der Waals surface area contributed by atoms with Gasteiger partial charge in [0.15, 0.2) is 0 Å². The van der Waals surface area contributed by atoms with Crippen LogP contribution in [0.1, 0.15) is 44.7 Å². The number of amides is 1. The van der Waals surface area contributed by atoms with E-state index in [1.54, 1.807) is 7.11 Å². The summed E-state index contributed by atoms with van der Waals surface area (Å²) in [6.07, 6.45) is 3.00. The van der Waals surface area contributed by atoms with Gasteiger partial charge in [0.25, 0.3) is 0 Å². The highest BCUT2D eigenvalue weighted by molar-refractivity contribution is 5.75. The van der Waals surface area contributed by atoms with E-state index < -0.39 is 0 Å². The number of ether oxygens (including phenoxy) is 1. The maximum Gasteiger partial charge on any atom is 0.219 e. The summed E-state index contributed by atoms with van der Waals surface area (Å²) in [7, 11) is 1.68. The van der Waals surface area contributed by atoms with E-state index in [1.165, 1.54) is 18.4 Å². The van der Waals surface area contributed by atoms with Gasteiger partial charge in [-0.1, -0.05) is 26.0 Å². The number of hydrogen-bond donors (Lipinski definition) is 1. The molecule has 1 N–H and O–H groups in total. The number of piperidine rings is 1. The van der Waals surface area contributed by atoms with E-state index in [0.717, 1.165) is 24.8 Å². The molecular formula is C18H28N2O2. The summed E-state index contributed by atoms with van der Waals surface area (Å²) in [5.74, 6) is 1.79. The van der Waals surface area contributed by atoms with E-state index in [-0.39, 0.29) is 11.9 Å². The van der Waals surface area contributed by atoms with Crippen LogP contribution in [0.4, 0.5) is 0 Å². The first-order valence-electron chi connectivity index (χ1n) is 8.28. The second-order valence-electron chi connectivity index (χ2n) is 6.17. The van der Waals surface area contributed by atoms with Gasteiger partial charge in [0.1, 0.15) is 5.75 Å². The van der Waals surface area contributed by atoms with Crippen molar-refractivity contribution in [1.82, 2.24) is 10.2 Å². The monoisotopic (exact) mass is 304 g/mol. The molecule has 0 saturated carbocycles. The lowest BCUT2D eigenvalue weighted by Crippen LogP contribution is -2.41. The normalized spacial score (nSPS) is 18.0. The lowest BCUT2D eigenvalue weighted by molar-refractivity contribution is -0.121. The largest absolute Gasteiger partial charge is 0.497 e. The Bertz CT molecular complexity index is 464. The molecule has 1 aliphatic heterocycles. The van der Waals surface area contributed by atoms with E-state index in [1.807, 2.05) is 19.1 Å². The van der Waals surface area contributed by atoms with Crippen molar-refractivity contribution < 1.29 is 9.53 Å². The molecule has 122 valence electrons. The second-order valence-corrected chi connectivity index (χ2v) is 6.17. The first-order valence-corrected chi connectivity index (χ1v) is 8.28. The Morgan fingerprint density at radius 1 is 1.32 bits per heavy atom. The molecule has 1 amide bonds. The highest BCUT2D eigenvalue weighted by atomic mass is 16.5. The smallest absolute Gasteiger partial charge is 0.219 e. The molecule has 0 radical (unpaired) electrons. The topological polar surface area (TPSA) is 41.6 Å². The molecule has 0 aliphatic carbocycles. The minimum absolute atomic E-state index is 0.115. The van der Waals surface area contributed by atoms with Gasteiger partial charge in [0, 0.05) is 13.0 Å². The van der Waals surface area contributed by atoms with Gasteiger partial charge >= 0.3 is 0 Å². The van der Waals surface area contributed by atoms with Crippen LogP contribution in [-0.2, 0) is 4.79 Å². The molecule has 1 saturated heterocycles. The summed E-state index contributed by atoms with van der Waals surface area (Å²) in [4.78, 5) is 14.1. The first-order chi connectivity index (χ1) is 10.6. The zero-order valence-electron chi connectivity index (χ0n) is 14.0. The molecule has 4 heteroatoms. The quantitative estimate of drug-likeness (QED) is 0.878. The van der Waals surface area contributed by atoms with Gasteiger partial charge in [-0.3, -0.25) is 9.69 Å². The highest BCUT2D eigenvalue weighted by Crippen LogP contribution is 2.27. The van der Waals surface area contributed by atoms with E-state index >= 15 is 0 Å². The van der Waals surface area contributed by atoms with Crippen LogP contribution in [0.3, 0.4) is 0 Å². The average molecular weight is 304 g/mol. The number of hydrogen-bond acceptors (Lipinski definition) is 3. The summed E-state index contributed by atoms with van der Waals surface area (Å²) in [5, 5.41) is 3.06. The van der Waals surface area contributed by atoms with Crippen LogP contribution in [0.5, 0.6) is 5.75 Å². The Morgan fingerprint density at radius 2 is 1.95 bits per heavy atom. The van der Waals surface area contributed by atoms with Crippen LogP contribution in [0.25, 0.3) is 0 Å². The molecule has 4 nitrogen and oxygen atoms in total. The number of nitrogens with one attached hydrogen (secondary N) is 1. The Balaban J connectivity index is 2.10. The average Bonchev–Trinajstić information content (AvgIpc) is 2.56. The summed E-state index contributed by atoms with van der Waals surface area (Å²) in [6.45, 7) is 7.08. The number of nitrogens with zero attached hydrogens (tertiary/aromatic N) is 1. The fraction of sp³-hybridized carbons (Fsp3) is 0.611. The number of benzene rings is 1. The predicted octanol–water partition coefficient (Wildman–Crippen LogP) is 2.99. The maximum absolute atomic E-state index is 11.6. The fourth-order valence-corrected chi connectivity index (χ4v) is 2.96. The van der Waals surface area contributed by atoms with Gasteiger partial charge < -0.3 is 10.1 Å². The summed E-state index contributed by atoms with van der Waals surface area (Å²) in [5.41, 5.74) is 1.24. The van der Waals surface area contributed by atoms with E-state index in [0.29, 0.717) is 13.0 Å². The van der Waals surface area contributed by atoms with E-state index in [9.17, 15) is 4.79 Å². The summed E-state index contributed by atoms with van der Waals surface area (Å²) in [6, 6.07) is 8.46. The number of methoxy groups -OCH3 is 1. The van der Waals surface area contributed by atoms with Crippen molar-refractivity contribution in [2.75, 3.05) is 26.7 Å². The molecule has 1 aliphatic rings. The van der Waals surface area contributed by atoms with E-state index in [4.69, 9.17) is 4.74 Å². The molecule has 22 heavy (non-hydrogen) atoms. The Kier molecular flexibility index (Phi) is 6.25. The van der Waals surface area contributed by atoms with Crippen molar-refractivity contribution in [3.05, 3.63) is 29.8 Å². The molecule has 0 aromatic heterocycles. The standard InChI is InChI=1S/C18H28N2O2/c1-4-18(21)19-13-17(20-11-9-14(2)10-12-20)15-5-7-16(22-3)8-6-15/h5-8,14,17H,4,9-13H2,1-3H3,(H,19,21). The van der Waals surface area contributed by atoms with E-state index in [2.05, 4.69) is 29.3 Å². The lowest BCUT2D eigenvalue weighted by Gasteiger charge is -2.37. The van der Waals surface area contributed by atoms with Crippen molar-refractivity contribution in [2.24, 2.45) is 5.92 Å². The van der Waals surface area contributed by atoms with Gasteiger partial charge in [-0.15, -0.1) is 0 Å². The second kappa shape index (κ2) is 8.18. The number of carbonyl (C=O) groups excluding carboxylic acids is 1. The minimum Gasteiger partial charge on any atom is -0.497 e. The van der Waals surface area contributed by atoms with Gasteiger partial charge in [0.05, 0.1) is 13.2 Å². The van der Waals surface area contributed by atoms with Crippen molar-refractivity contribution in [3.63, 3.8) is 0 Å². The Labute approximate surface area is 133 Å². The molecule has 1 aromatic carbocycles. The molecule has 1 fully saturated rings. The van der Waals surface area contributed by atoms with Gasteiger partial charge in [0.2, 0.25) is 5.91 Å². The molecule has 0 bridgehead atoms. The zero-order chi connectivity index (χ0) is 15.9. The third kappa shape index (κ3) is 4.47. The van der Waals surface area contributed by atoms with Gasteiger partial charge in [-0.05, 0) is 49.5 Å². The van der Waals surface area contributed by atoms with Gasteiger partial charge in [-0.2, -0.15) is 0 Å². The van der Waals surface area contributed by atoms with Crippen molar-refractivity contribution >= 4 is 5.91 Å². The highest BCUT2D eigenvalue weighted by Gasteiger charge is 2.24. The maximum atomic E-state index is 11.6. The lowest BCUT2D eigenvalue weighted by atomic mass is 9.95. The molecule has 1 unspecified atom stereocenters. The van der Waals surface area contributed by atoms with Crippen LogP contribution in [-0.4, -0.2) is 37.6 Å². The van der Waals surface area contributed by atoms with Crippen LogP contribution in [0.2, 0.25) is 0 Å². The van der Waals surface area contributed by atoms with Crippen LogP contribution in [0.15, 0.2) is 24.3 Å². The predicted molar refractivity (Wildman–Crippen MR) is 89.0 cm³/mol. The SMILES string of the molecule is CCC(=O)NCC(c1ccc(OC)cc1)N1CCC(C)CC1. The first kappa shape index (κ1) is 16.8. The fourth-order valence-electron chi connectivity index (χ4n) is 2.96. The van der Waals surface area contributed by atoms with Crippen LogP contribution in [0, 0.1) is 5.92 Å². The number of likely N-dealkylation sites (tertiary alicyclic amines) is 1. The number of carbonyl (C=O) groups is 1. The molecule has 1 heterocycles. The summed E-state index contributed by atoms with van der Waals surface area (Å²) >= 11 is 0. The summed E-state index contributed by atoms with van der Waals surface area (Å²) < 4.78 is 5.24. The van der Waals surface area contributed by atoms with Crippen molar-refractivity contribution in [3.8, 4) is 5.75 Å². The van der Waals surface area contributed by atoms with Crippen molar-refractivity contribution in [2.45, 2.75) is 39.2 Å². The molecule has 1 aromatic rings. The minimum atomic E-state index is 0.115. The number of rotatable bonds is 6. The molecule has 0 spiro atoms. The van der Waals surface area contributed by atoms with Crippen LogP contribution < -0.4 is 10.1 Å². The van der Waals surface area contributed by atoms with Crippen LogP contribution >= 0.6 is 0 Å². The molecule has 1 atom stereocenters. The zero-order valence-corrected chi connectivity index (χ0v) is 14.0. The third-order valence-electron chi connectivity index (χ3n) is 4.57. The third-order valence-corrected chi connectivity index (χ3v) is 4.57. The molecular weight excluding hydrogens is 276 g/mol.